The summed E-state index contributed by atoms with van der Waals surface area (Å²) in [4.78, 5) is 14.3. The Hall–Kier alpha value is -1.49. The third-order valence-corrected chi connectivity index (χ3v) is 2.72. The average Bonchev–Trinajstić information content (AvgIpc) is 2.52. The van der Waals surface area contributed by atoms with Gasteiger partial charge >= 0.3 is 0 Å². The number of rotatable bonds is 1. The van der Waals surface area contributed by atoms with Crippen LogP contribution in [-0.4, -0.2) is 9.91 Å². The van der Waals surface area contributed by atoms with Gasteiger partial charge in [-0.2, -0.15) is 0 Å². The zero-order chi connectivity index (χ0) is 9.42. The summed E-state index contributed by atoms with van der Waals surface area (Å²) in [6.45, 7) is 1.72. The van der Waals surface area contributed by atoms with Crippen LogP contribution in [-0.2, 0) is 0 Å². The van der Waals surface area contributed by atoms with Gasteiger partial charge in [0, 0.05) is 6.07 Å². The van der Waals surface area contributed by atoms with Crippen LogP contribution < -0.4 is 0 Å². The van der Waals surface area contributed by atoms with E-state index >= 15 is 0 Å². The highest BCUT2D eigenvalue weighted by atomic mass is 32.1. The number of aromatic nitrogens is 1. The fourth-order valence-electron chi connectivity index (χ4n) is 1.25. The molecule has 0 aliphatic rings. The van der Waals surface area contributed by atoms with Gasteiger partial charge in [-0.05, 0) is 13.0 Å². The Kier molecular flexibility index (Phi) is 1.73. The maximum atomic E-state index is 10.6. The predicted molar refractivity (Wildman–Crippen MR) is 51.0 cm³/mol. The lowest BCUT2D eigenvalue weighted by atomic mass is 10.2. The first-order chi connectivity index (χ1) is 6.20. The van der Waals surface area contributed by atoms with E-state index in [4.69, 9.17) is 0 Å². The van der Waals surface area contributed by atoms with Crippen LogP contribution in [0.2, 0.25) is 0 Å². The summed E-state index contributed by atoms with van der Waals surface area (Å²) in [7, 11) is 0. The van der Waals surface area contributed by atoms with E-state index in [2.05, 4.69) is 4.98 Å². The van der Waals surface area contributed by atoms with Crippen molar-refractivity contribution in [2.75, 3.05) is 0 Å². The minimum Gasteiger partial charge on any atom is -0.258 e. The van der Waals surface area contributed by atoms with Crippen molar-refractivity contribution >= 4 is 27.2 Å². The molecule has 0 unspecified atom stereocenters. The Labute approximate surface area is 78.0 Å². The molecule has 0 spiro atoms. The zero-order valence-electron chi connectivity index (χ0n) is 6.85. The Bertz CT molecular complexity index is 478. The van der Waals surface area contributed by atoms with Crippen LogP contribution in [0, 0.1) is 17.0 Å². The number of hydrogen-bond donors (Lipinski definition) is 0. The highest BCUT2D eigenvalue weighted by molar-refractivity contribution is 7.16. The highest BCUT2D eigenvalue weighted by Gasteiger charge is 2.13. The molecule has 5 heteroatoms. The first-order valence-electron chi connectivity index (χ1n) is 3.67. The molecule has 0 saturated heterocycles. The maximum absolute atomic E-state index is 10.6. The molecule has 1 heterocycles. The number of thiazole rings is 1. The summed E-state index contributed by atoms with van der Waals surface area (Å²) in [5.41, 5.74) is 3.21. The van der Waals surface area contributed by atoms with Gasteiger partial charge in [0.1, 0.15) is 0 Å². The molecule has 2 aromatic rings. The number of benzene rings is 1. The fraction of sp³-hybridized carbons (Fsp3) is 0.125. The molecule has 0 aliphatic heterocycles. The maximum Gasteiger partial charge on any atom is 0.274 e. The van der Waals surface area contributed by atoms with Gasteiger partial charge in [0.15, 0.2) is 0 Å². The third kappa shape index (κ3) is 1.17. The molecule has 1 aromatic heterocycles. The molecule has 0 radical (unpaired) electrons. The second-order valence-electron chi connectivity index (χ2n) is 2.67. The smallest absolute Gasteiger partial charge is 0.258 e. The lowest BCUT2D eigenvalue weighted by Gasteiger charge is -1.96. The van der Waals surface area contributed by atoms with E-state index in [0.717, 1.165) is 10.2 Å². The standard InChI is InChI=1S/C8H6N2O2S/c1-5-6(10(11)12)2-3-7-8(5)9-4-13-7/h2-4H,1H3. The Morgan fingerprint density at radius 3 is 3.00 bits per heavy atom. The Morgan fingerprint density at radius 2 is 2.31 bits per heavy atom. The Balaban J connectivity index is 2.80. The SMILES string of the molecule is Cc1c([N+](=O)[O-])ccc2scnc12. The molecule has 13 heavy (non-hydrogen) atoms. The topological polar surface area (TPSA) is 56.0 Å². The first-order valence-corrected chi connectivity index (χ1v) is 4.55. The summed E-state index contributed by atoms with van der Waals surface area (Å²) in [6, 6.07) is 3.26. The van der Waals surface area contributed by atoms with Crippen LogP contribution in [0.3, 0.4) is 0 Å². The second-order valence-corrected chi connectivity index (χ2v) is 3.55. The lowest BCUT2D eigenvalue weighted by molar-refractivity contribution is -0.385. The van der Waals surface area contributed by atoms with E-state index in [9.17, 15) is 10.1 Å². The molecule has 0 saturated carbocycles. The minimum absolute atomic E-state index is 0.137. The summed E-state index contributed by atoms with van der Waals surface area (Å²) in [6.07, 6.45) is 0. The van der Waals surface area contributed by atoms with Crippen molar-refractivity contribution in [1.82, 2.24) is 4.98 Å². The molecular formula is C8H6N2O2S. The van der Waals surface area contributed by atoms with Crippen LogP contribution in [0.5, 0.6) is 0 Å². The van der Waals surface area contributed by atoms with Crippen LogP contribution in [0.25, 0.3) is 10.2 Å². The first kappa shape index (κ1) is 8.12. The molecule has 0 bridgehead atoms. The average molecular weight is 194 g/mol. The molecule has 1 aromatic carbocycles. The molecule has 0 N–H and O–H groups in total. The number of nitrogens with zero attached hydrogens (tertiary/aromatic N) is 2. The highest BCUT2D eigenvalue weighted by Crippen LogP contribution is 2.27. The number of aryl methyl sites for hydroxylation is 1. The van der Waals surface area contributed by atoms with E-state index in [0.29, 0.717) is 5.56 Å². The molecule has 0 aliphatic carbocycles. The molecule has 0 amide bonds. The van der Waals surface area contributed by atoms with Gasteiger partial charge in [0.05, 0.1) is 26.2 Å². The van der Waals surface area contributed by atoms with E-state index < -0.39 is 0 Å². The van der Waals surface area contributed by atoms with Gasteiger partial charge in [0.25, 0.3) is 5.69 Å². The van der Waals surface area contributed by atoms with Crippen molar-refractivity contribution in [3.8, 4) is 0 Å². The fourth-order valence-corrected chi connectivity index (χ4v) is 1.99. The van der Waals surface area contributed by atoms with Crippen LogP contribution in [0.15, 0.2) is 17.6 Å². The summed E-state index contributed by atoms with van der Waals surface area (Å²) in [5, 5.41) is 10.6. The summed E-state index contributed by atoms with van der Waals surface area (Å²) < 4.78 is 0.989. The van der Waals surface area contributed by atoms with Gasteiger partial charge in [-0.15, -0.1) is 11.3 Å². The number of fused-ring (bicyclic) bond motifs is 1. The third-order valence-electron chi connectivity index (χ3n) is 1.92. The number of nitro groups is 1. The van der Waals surface area contributed by atoms with E-state index in [-0.39, 0.29) is 10.6 Å². The Morgan fingerprint density at radius 1 is 1.54 bits per heavy atom. The number of nitro benzene ring substituents is 1. The molecule has 66 valence electrons. The van der Waals surface area contributed by atoms with Crippen molar-refractivity contribution in [3.05, 3.63) is 33.3 Å². The van der Waals surface area contributed by atoms with Gasteiger partial charge in [-0.25, -0.2) is 4.98 Å². The molecular weight excluding hydrogens is 188 g/mol. The van der Waals surface area contributed by atoms with Gasteiger partial charge in [-0.1, -0.05) is 0 Å². The quantitative estimate of drug-likeness (QED) is 0.517. The molecule has 0 fully saturated rings. The zero-order valence-corrected chi connectivity index (χ0v) is 7.67. The molecule has 4 nitrogen and oxygen atoms in total. The van der Waals surface area contributed by atoms with Gasteiger partial charge in [-0.3, -0.25) is 10.1 Å². The van der Waals surface area contributed by atoms with E-state index in [1.165, 1.54) is 17.4 Å². The lowest BCUT2D eigenvalue weighted by Crippen LogP contribution is -1.91. The van der Waals surface area contributed by atoms with Crippen molar-refractivity contribution in [3.63, 3.8) is 0 Å². The monoisotopic (exact) mass is 194 g/mol. The van der Waals surface area contributed by atoms with E-state index in [1.807, 2.05) is 0 Å². The van der Waals surface area contributed by atoms with Crippen LogP contribution in [0.1, 0.15) is 5.56 Å². The number of hydrogen-bond acceptors (Lipinski definition) is 4. The van der Waals surface area contributed by atoms with Crippen LogP contribution >= 0.6 is 11.3 Å². The molecule has 0 atom stereocenters. The van der Waals surface area contributed by atoms with Crippen molar-refractivity contribution in [1.29, 1.82) is 0 Å². The normalized spacial score (nSPS) is 10.5. The minimum atomic E-state index is -0.381. The van der Waals surface area contributed by atoms with Crippen molar-refractivity contribution in [2.24, 2.45) is 0 Å². The van der Waals surface area contributed by atoms with E-state index in [1.54, 1.807) is 18.5 Å². The predicted octanol–water partition coefficient (Wildman–Crippen LogP) is 2.51. The van der Waals surface area contributed by atoms with Crippen molar-refractivity contribution < 1.29 is 4.92 Å². The van der Waals surface area contributed by atoms with Crippen LogP contribution in [0.4, 0.5) is 5.69 Å². The van der Waals surface area contributed by atoms with Crippen molar-refractivity contribution in [2.45, 2.75) is 6.92 Å². The second kappa shape index (κ2) is 2.77. The van der Waals surface area contributed by atoms with Gasteiger partial charge in [0.2, 0.25) is 0 Å². The molecule has 2 rings (SSSR count). The summed E-state index contributed by atoms with van der Waals surface area (Å²) in [5.74, 6) is 0. The summed E-state index contributed by atoms with van der Waals surface area (Å²) >= 11 is 1.49. The largest absolute Gasteiger partial charge is 0.274 e. The van der Waals surface area contributed by atoms with Gasteiger partial charge < -0.3 is 0 Å².